The van der Waals surface area contributed by atoms with Gasteiger partial charge in [-0.3, -0.25) is 10.1 Å². The van der Waals surface area contributed by atoms with E-state index in [4.69, 9.17) is 17.0 Å². The summed E-state index contributed by atoms with van der Waals surface area (Å²) in [6.45, 7) is 4.76. The third-order valence-electron chi connectivity index (χ3n) is 4.65. The summed E-state index contributed by atoms with van der Waals surface area (Å²) in [5, 5.41) is 6.24. The van der Waals surface area contributed by atoms with Gasteiger partial charge in [-0.15, -0.1) is 0 Å². The van der Waals surface area contributed by atoms with Gasteiger partial charge in [0.1, 0.15) is 5.75 Å². The zero-order valence-electron chi connectivity index (χ0n) is 16.2. The molecule has 0 spiro atoms. The zero-order chi connectivity index (χ0) is 19.8. The van der Waals surface area contributed by atoms with Gasteiger partial charge in [0.05, 0.1) is 18.0 Å². The summed E-state index contributed by atoms with van der Waals surface area (Å²) in [5.41, 5.74) is 2.55. The molecule has 0 aliphatic carbocycles. The number of piperidine rings is 1. The van der Waals surface area contributed by atoms with E-state index in [1.807, 2.05) is 37.3 Å². The molecule has 0 aromatic heterocycles. The van der Waals surface area contributed by atoms with Gasteiger partial charge in [-0.1, -0.05) is 25.1 Å². The second-order valence-corrected chi connectivity index (χ2v) is 7.26. The molecule has 1 amide bonds. The number of carbonyl (C=O) groups excluding carboxylic acids is 1. The molecule has 0 unspecified atom stereocenters. The summed E-state index contributed by atoms with van der Waals surface area (Å²) < 4.78 is 5.60. The quantitative estimate of drug-likeness (QED) is 0.698. The van der Waals surface area contributed by atoms with E-state index in [9.17, 15) is 4.79 Å². The average Bonchev–Trinajstić information content (AvgIpc) is 2.73. The Labute approximate surface area is 172 Å². The van der Waals surface area contributed by atoms with Crippen LogP contribution in [-0.4, -0.2) is 30.7 Å². The van der Waals surface area contributed by atoms with Crippen LogP contribution in [0.4, 0.5) is 11.4 Å². The number of amides is 1. The number of anilines is 2. The minimum absolute atomic E-state index is 0.255. The van der Waals surface area contributed by atoms with Gasteiger partial charge < -0.3 is 15.0 Å². The molecule has 6 heteroatoms. The average molecular weight is 398 g/mol. The molecule has 2 aromatic carbocycles. The Balaban J connectivity index is 1.63. The van der Waals surface area contributed by atoms with Gasteiger partial charge >= 0.3 is 0 Å². The molecule has 0 radical (unpaired) electrons. The standard InChI is InChI=1S/C22H27N3O2S/c1-2-15-27-18-10-8-9-17(16-18)21(26)24-22(28)23-19-11-4-5-12-20(19)25-13-6-3-7-14-25/h4-5,8-12,16H,2-3,6-7,13-15H2,1H3,(H2,23,24,26,28). The molecule has 0 bridgehead atoms. The normalized spacial score (nSPS) is 13.7. The van der Waals surface area contributed by atoms with Crippen LogP contribution in [0.1, 0.15) is 43.0 Å². The van der Waals surface area contributed by atoms with E-state index in [2.05, 4.69) is 21.6 Å². The van der Waals surface area contributed by atoms with Crippen LogP contribution in [0.15, 0.2) is 48.5 Å². The summed E-state index contributed by atoms with van der Waals surface area (Å²) in [6, 6.07) is 15.2. The van der Waals surface area contributed by atoms with Crippen LogP contribution in [0.5, 0.6) is 5.75 Å². The summed E-state index contributed by atoms with van der Waals surface area (Å²) in [7, 11) is 0. The molecular weight excluding hydrogens is 370 g/mol. The topological polar surface area (TPSA) is 53.6 Å². The molecule has 2 N–H and O–H groups in total. The van der Waals surface area contributed by atoms with Gasteiger partial charge in [0.15, 0.2) is 5.11 Å². The second kappa shape index (κ2) is 10.1. The van der Waals surface area contributed by atoms with Gasteiger partial charge in [0.25, 0.3) is 5.91 Å². The molecule has 1 fully saturated rings. The number of nitrogens with zero attached hydrogens (tertiary/aromatic N) is 1. The van der Waals surface area contributed by atoms with Crippen LogP contribution in [0.2, 0.25) is 0 Å². The molecular formula is C22H27N3O2S. The van der Waals surface area contributed by atoms with E-state index in [0.29, 0.717) is 17.9 Å². The number of hydrogen-bond donors (Lipinski definition) is 2. The molecule has 0 atom stereocenters. The third-order valence-corrected chi connectivity index (χ3v) is 4.85. The minimum atomic E-state index is -0.255. The van der Waals surface area contributed by atoms with Gasteiger partial charge in [-0.2, -0.15) is 0 Å². The largest absolute Gasteiger partial charge is 0.494 e. The lowest BCUT2D eigenvalue weighted by Crippen LogP contribution is -2.35. The Kier molecular flexibility index (Phi) is 7.25. The highest BCUT2D eigenvalue weighted by atomic mass is 32.1. The van der Waals surface area contributed by atoms with Crippen molar-refractivity contribution in [1.82, 2.24) is 5.32 Å². The fourth-order valence-corrected chi connectivity index (χ4v) is 3.47. The van der Waals surface area contributed by atoms with Crippen molar-refractivity contribution in [3.05, 3.63) is 54.1 Å². The first kappa shape index (κ1) is 20.1. The first-order valence-corrected chi connectivity index (χ1v) is 10.3. The number of thiocarbonyl (C=S) groups is 1. The predicted molar refractivity (Wildman–Crippen MR) is 118 cm³/mol. The lowest BCUT2D eigenvalue weighted by Gasteiger charge is -2.30. The van der Waals surface area contributed by atoms with Crippen molar-refractivity contribution in [3.8, 4) is 5.75 Å². The summed E-state index contributed by atoms with van der Waals surface area (Å²) in [6.07, 6.45) is 4.60. The Morgan fingerprint density at radius 3 is 2.68 bits per heavy atom. The summed E-state index contributed by atoms with van der Waals surface area (Å²) >= 11 is 5.38. The number of benzene rings is 2. The molecule has 1 saturated heterocycles. The molecule has 3 rings (SSSR count). The van der Waals surface area contributed by atoms with Crippen molar-refractivity contribution in [2.75, 3.05) is 29.9 Å². The van der Waals surface area contributed by atoms with Gasteiger partial charge in [0.2, 0.25) is 0 Å². The molecule has 28 heavy (non-hydrogen) atoms. The fraction of sp³-hybridized carbons (Fsp3) is 0.364. The monoisotopic (exact) mass is 397 g/mol. The van der Waals surface area contributed by atoms with Crippen molar-refractivity contribution in [3.63, 3.8) is 0 Å². The maximum atomic E-state index is 12.6. The van der Waals surface area contributed by atoms with Crippen LogP contribution in [-0.2, 0) is 0 Å². The van der Waals surface area contributed by atoms with Crippen molar-refractivity contribution < 1.29 is 9.53 Å². The predicted octanol–water partition coefficient (Wildman–Crippen LogP) is 4.59. The molecule has 1 aliphatic heterocycles. The first-order valence-electron chi connectivity index (χ1n) is 9.86. The Morgan fingerprint density at radius 1 is 1.11 bits per heavy atom. The number of ether oxygens (including phenoxy) is 1. The van der Waals surface area contributed by atoms with Gasteiger partial charge in [-0.05, 0) is 68.2 Å². The van der Waals surface area contributed by atoms with E-state index in [1.54, 1.807) is 12.1 Å². The van der Waals surface area contributed by atoms with Gasteiger partial charge in [0, 0.05) is 18.7 Å². The Morgan fingerprint density at radius 2 is 1.89 bits per heavy atom. The highest BCUT2D eigenvalue weighted by Gasteiger charge is 2.15. The molecule has 0 saturated carbocycles. The zero-order valence-corrected chi connectivity index (χ0v) is 17.1. The van der Waals surface area contributed by atoms with Crippen LogP contribution in [0, 0.1) is 0 Å². The van der Waals surface area contributed by atoms with Gasteiger partial charge in [-0.25, -0.2) is 0 Å². The van der Waals surface area contributed by atoms with E-state index >= 15 is 0 Å². The Bertz CT molecular complexity index is 819. The van der Waals surface area contributed by atoms with Crippen LogP contribution < -0.4 is 20.3 Å². The SMILES string of the molecule is CCCOc1cccc(C(=O)NC(=S)Nc2ccccc2N2CCCCC2)c1. The van der Waals surface area contributed by atoms with Crippen molar-refractivity contribution in [1.29, 1.82) is 0 Å². The van der Waals surface area contributed by atoms with Crippen LogP contribution >= 0.6 is 12.2 Å². The van der Waals surface area contributed by atoms with Crippen molar-refractivity contribution in [2.24, 2.45) is 0 Å². The highest BCUT2D eigenvalue weighted by molar-refractivity contribution is 7.80. The smallest absolute Gasteiger partial charge is 0.257 e. The number of para-hydroxylation sites is 2. The molecule has 2 aromatic rings. The first-order chi connectivity index (χ1) is 13.7. The maximum absolute atomic E-state index is 12.6. The number of nitrogens with one attached hydrogen (secondary N) is 2. The van der Waals surface area contributed by atoms with E-state index < -0.39 is 0 Å². The molecule has 148 valence electrons. The van der Waals surface area contributed by atoms with Crippen molar-refractivity contribution >= 4 is 34.6 Å². The van der Waals surface area contributed by atoms with Crippen molar-refractivity contribution in [2.45, 2.75) is 32.6 Å². The second-order valence-electron chi connectivity index (χ2n) is 6.85. The van der Waals surface area contributed by atoms with E-state index in [-0.39, 0.29) is 11.0 Å². The third kappa shape index (κ3) is 5.45. The lowest BCUT2D eigenvalue weighted by molar-refractivity contribution is 0.0977. The summed E-state index contributed by atoms with van der Waals surface area (Å²) in [4.78, 5) is 14.9. The minimum Gasteiger partial charge on any atom is -0.494 e. The molecule has 5 nitrogen and oxygen atoms in total. The summed E-state index contributed by atoms with van der Waals surface area (Å²) in [5.74, 6) is 0.429. The number of hydrogen-bond acceptors (Lipinski definition) is 4. The number of carbonyl (C=O) groups is 1. The maximum Gasteiger partial charge on any atom is 0.257 e. The lowest BCUT2D eigenvalue weighted by atomic mass is 10.1. The van der Waals surface area contributed by atoms with Crippen LogP contribution in [0.3, 0.4) is 0 Å². The molecule has 1 heterocycles. The fourth-order valence-electron chi connectivity index (χ4n) is 3.27. The molecule has 1 aliphatic rings. The number of rotatable bonds is 6. The highest BCUT2D eigenvalue weighted by Crippen LogP contribution is 2.28. The Hall–Kier alpha value is -2.60. The van der Waals surface area contributed by atoms with E-state index in [0.717, 1.165) is 30.9 Å². The van der Waals surface area contributed by atoms with Crippen LogP contribution in [0.25, 0.3) is 0 Å². The van der Waals surface area contributed by atoms with E-state index in [1.165, 1.54) is 19.3 Å².